The zero-order valence-corrected chi connectivity index (χ0v) is 16.1. The maximum atomic E-state index is 10.9. The van der Waals surface area contributed by atoms with Gasteiger partial charge in [0, 0.05) is 22.7 Å². The summed E-state index contributed by atoms with van der Waals surface area (Å²) in [5, 5.41) is 51.4. The molecule has 1 saturated heterocycles. The Morgan fingerprint density at radius 2 is 1.83 bits per heavy atom. The predicted molar refractivity (Wildman–Crippen MR) is 106 cm³/mol. The normalized spacial score (nSPS) is 29.1. The van der Waals surface area contributed by atoms with Crippen molar-refractivity contribution >= 4 is 10.9 Å². The number of fused-ring (bicyclic) bond motifs is 1. The zero-order valence-electron chi connectivity index (χ0n) is 16.1. The summed E-state index contributed by atoms with van der Waals surface area (Å²) in [5.74, 6) is -1.81. The van der Waals surface area contributed by atoms with Crippen molar-refractivity contribution < 1.29 is 39.7 Å². The first-order valence-electron chi connectivity index (χ1n) is 9.35. The molecule has 0 amide bonds. The van der Waals surface area contributed by atoms with Crippen LogP contribution in [0.4, 0.5) is 0 Å². The highest BCUT2D eigenvalue weighted by Gasteiger charge is 2.57. The lowest BCUT2D eigenvalue weighted by Gasteiger charge is -2.45. The van der Waals surface area contributed by atoms with Gasteiger partial charge in [-0.1, -0.05) is 18.2 Å². The number of aliphatic hydroxyl groups is 5. The van der Waals surface area contributed by atoms with Crippen molar-refractivity contribution in [2.45, 2.75) is 30.4 Å². The van der Waals surface area contributed by atoms with Gasteiger partial charge in [-0.3, -0.25) is 0 Å². The van der Waals surface area contributed by atoms with E-state index in [-0.39, 0.29) is 5.75 Å². The molecule has 9 nitrogen and oxygen atoms in total. The molecule has 4 rings (SSSR count). The van der Waals surface area contributed by atoms with Crippen molar-refractivity contribution in [1.82, 2.24) is 4.98 Å². The number of nitrogens with one attached hydrogen (secondary N) is 1. The first kappa shape index (κ1) is 20.6. The smallest absolute Gasteiger partial charge is 0.288 e. The third-order valence-electron chi connectivity index (χ3n) is 5.31. The molecule has 2 aromatic carbocycles. The fourth-order valence-corrected chi connectivity index (χ4v) is 3.61. The summed E-state index contributed by atoms with van der Waals surface area (Å²) in [6.45, 7) is -0.652. The van der Waals surface area contributed by atoms with Gasteiger partial charge in [-0.25, -0.2) is 0 Å². The second-order valence-electron chi connectivity index (χ2n) is 7.11. The number of methoxy groups -OCH3 is 1. The van der Waals surface area contributed by atoms with Crippen LogP contribution < -0.4 is 9.47 Å². The average Bonchev–Trinajstić information content (AvgIpc) is 3.20. The molecular weight excluding hydrogens is 394 g/mol. The van der Waals surface area contributed by atoms with Crippen LogP contribution in [-0.4, -0.2) is 74.6 Å². The molecule has 2 heterocycles. The van der Waals surface area contributed by atoms with Gasteiger partial charge in [0.15, 0.2) is 6.10 Å². The van der Waals surface area contributed by atoms with Crippen LogP contribution in [-0.2, 0) is 4.74 Å². The summed E-state index contributed by atoms with van der Waals surface area (Å²) in [6, 6.07) is 12.4. The van der Waals surface area contributed by atoms with E-state index in [1.807, 2.05) is 12.1 Å². The van der Waals surface area contributed by atoms with Gasteiger partial charge >= 0.3 is 0 Å². The SMILES string of the molecule is COc1ccc(-c2c[nH]c3cccc(O[C@]4(O)[C@H](O)O[C@H](CO)[C@@H](O)[C@@H]4O)c23)cc1. The molecule has 160 valence electrons. The van der Waals surface area contributed by atoms with Gasteiger partial charge in [-0.05, 0) is 29.8 Å². The maximum Gasteiger partial charge on any atom is 0.288 e. The van der Waals surface area contributed by atoms with Crippen molar-refractivity contribution in [3.63, 3.8) is 0 Å². The van der Waals surface area contributed by atoms with E-state index in [1.54, 1.807) is 43.6 Å². The van der Waals surface area contributed by atoms with Gasteiger partial charge in [0.2, 0.25) is 6.29 Å². The molecule has 9 heteroatoms. The number of benzene rings is 2. The molecule has 3 aromatic rings. The average molecular weight is 417 g/mol. The van der Waals surface area contributed by atoms with Crippen molar-refractivity contribution in [1.29, 1.82) is 0 Å². The molecule has 0 bridgehead atoms. The molecule has 0 radical (unpaired) electrons. The quantitative estimate of drug-likeness (QED) is 0.326. The Hall–Kier alpha value is -2.66. The first-order valence-corrected chi connectivity index (χ1v) is 9.35. The molecule has 1 aliphatic rings. The van der Waals surface area contributed by atoms with Crippen molar-refractivity contribution in [3.8, 4) is 22.6 Å². The molecule has 0 saturated carbocycles. The zero-order chi connectivity index (χ0) is 21.5. The Bertz CT molecular complexity index is 1020. The monoisotopic (exact) mass is 417 g/mol. The summed E-state index contributed by atoms with van der Waals surface area (Å²) < 4.78 is 15.9. The third kappa shape index (κ3) is 3.31. The Balaban J connectivity index is 1.75. The Morgan fingerprint density at radius 3 is 2.50 bits per heavy atom. The fourth-order valence-electron chi connectivity index (χ4n) is 3.61. The summed E-state index contributed by atoms with van der Waals surface area (Å²) in [6.07, 6.45) is -5.11. The van der Waals surface area contributed by atoms with E-state index in [4.69, 9.17) is 14.2 Å². The molecule has 5 atom stereocenters. The molecule has 0 spiro atoms. The summed E-state index contributed by atoms with van der Waals surface area (Å²) in [5.41, 5.74) is 2.28. The summed E-state index contributed by atoms with van der Waals surface area (Å²) >= 11 is 0. The van der Waals surface area contributed by atoms with Gasteiger partial charge in [0.05, 0.1) is 13.7 Å². The second-order valence-corrected chi connectivity index (χ2v) is 7.11. The molecule has 0 aliphatic carbocycles. The van der Waals surface area contributed by atoms with Crippen LogP contribution >= 0.6 is 0 Å². The second kappa shape index (κ2) is 7.88. The first-order chi connectivity index (χ1) is 14.4. The van der Waals surface area contributed by atoms with E-state index < -0.39 is 37.0 Å². The van der Waals surface area contributed by atoms with Crippen LogP contribution in [0.15, 0.2) is 48.7 Å². The van der Waals surface area contributed by atoms with E-state index in [1.165, 1.54) is 0 Å². The number of H-pyrrole nitrogens is 1. The Kier molecular flexibility index (Phi) is 5.41. The molecule has 1 aliphatic heterocycles. The lowest BCUT2D eigenvalue weighted by atomic mass is 9.95. The highest BCUT2D eigenvalue weighted by molar-refractivity contribution is 6.00. The lowest BCUT2D eigenvalue weighted by Crippen LogP contribution is -2.69. The van der Waals surface area contributed by atoms with Gasteiger partial charge < -0.3 is 44.7 Å². The largest absolute Gasteiger partial charge is 0.497 e. The van der Waals surface area contributed by atoms with Crippen molar-refractivity contribution in [3.05, 3.63) is 48.7 Å². The maximum absolute atomic E-state index is 10.9. The van der Waals surface area contributed by atoms with Crippen molar-refractivity contribution in [2.24, 2.45) is 0 Å². The highest BCUT2D eigenvalue weighted by Crippen LogP contribution is 2.39. The number of hydrogen-bond donors (Lipinski definition) is 6. The van der Waals surface area contributed by atoms with Gasteiger partial charge in [-0.2, -0.15) is 0 Å². The number of aromatic amines is 1. The van der Waals surface area contributed by atoms with Crippen LogP contribution in [0.5, 0.6) is 11.5 Å². The van der Waals surface area contributed by atoms with E-state index in [2.05, 4.69) is 4.98 Å². The molecule has 6 N–H and O–H groups in total. The van der Waals surface area contributed by atoms with Crippen LogP contribution in [0.25, 0.3) is 22.0 Å². The van der Waals surface area contributed by atoms with Crippen LogP contribution in [0.3, 0.4) is 0 Å². The van der Waals surface area contributed by atoms with E-state index >= 15 is 0 Å². The molecule has 30 heavy (non-hydrogen) atoms. The predicted octanol–water partition coefficient (Wildman–Crippen LogP) is 0.342. The Morgan fingerprint density at radius 1 is 1.10 bits per heavy atom. The number of ether oxygens (including phenoxy) is 3. The van der Waals surface area contributed by atoms with E-state index in [9.17, 15) is 25.5 Å². The minimum absolute atomic E-state index is 0.151. The fraction of sp³-hybridized carbons (Fsp3) is 0.333. The molecule has 1 fully saturated rings. The Labute approximate surface area is 171 Å². The number of hydrogen-bond acceptors (Lipinski definition) is 8. The van der Waals surface area contributed by atoms with Crippen LogP contribution in [0.2, 0.25) is 0 Å². The van der Waals surface area contributed by atoms with E-state index in [0.29, 0.717) is 16.7 Å². The third-order valence-corrected chi connectivity index (χ3v) is 5.31. The molecule has 0 unspecified atom stereocenters. The summed E-state index contributed by atoms with van der Waals surface area (Å²) in [4.78, 5) is 3.12. The lowest BCUT2D eigenvalue weighted by molar-refractivity contribution is -0.385. The molecule has 1 aromatic heterocycles. The number of aliphatic hydroxyl groups excluding tert-OH is 4. The summed E-state index contributed by atoms with van der Waals surface area (Å²) in [7, 11) is 1.58. The minimum Gasteiger partial charge on any atom is -0.497 e. The van der Waals surface area contributed by atoms with Crippen LogP contribution in [0, 0.1) is 0 Å². The van der Waals surface area contributed by atoms with E-state index in [0.717, 1.165) is 11.1 Å². The molecular formula is C21H23NO8. The number of rotatable bonds is 5. The van der Waals surface area contributed by atoms with Crippen LogP contribution in [0.1, 0.15) is 0 Å². The standard InChI is InChI=1S/C21H23NO8/c1-28-12-7-5-11(6-8-12)13-9-22-14-3-2-4-15(17(13)14)30-21(27)19(25)18(24)16(10-23)29-20(21)26/h2-9,16,18-20,22-27H,10H2,1H3/t16-,18-,19+,20-,21+/m1/s1. The van der Waals surface area contributed by atoms with Gasteiger partial charge in [0.25, 0.3) is 5.79 Å². The topological polar surface area (TPSA) is 145 Å². The van der Waals surface area contributed by atoms with Gasteiger partial charge in [0.1, 0.15) is 23.7 Å². The minimum atomic E-state index is -2.66. The van der Waals surface area contributed by atoms with Gasteiger partial charge in [-0.15, -0.1) is 0 Å². The highest BCUT2D eigenvalue weighted by atomic mass is 16.7. The number of aromatic nitrogens is 1. The van der Waals surface area contributed by atoms with Crippen molar-refractivity contribution in [2.75, 3.05) is 13.7 Å².